The van der Waals surface area contributed by atoms with Crippen LogP contribution in [0.15, 0.2) is 12.3 Å². The van der Waals surface area contributed by atoms with Gasteiger partial charge in [-0.3, -0.25) is 4.79 Å². The minimum atomic E-state index is -0.103. The number of aryl methyl sites for hydroxylation is 2. The molecule has 3 rings (SSSR count). The van der Waals surface area contributed by atoms with Crippen molar-refractivity contribution in [1.29, 1.82) is 0 Å². The highest BCUT2D eigenvalue weighted by molar-refractivity contribution is 7.15. The summed E-state index contributed by atoms with van der Waals surface area (Å²) in [4.78, 5) is 24.7. The lowest BCUT2D eigenvalue weighted by Crippen LogP contribution is -2.39. The number of thiazole rings is 1. The van der Waals surface area contributed by atoms with Crippen LogP contribution in [0.1, 0.15) is 46.6 Å². The van der Waals surface area contributed by atoms with Gasteiger partial charge in [-0.1, -0.05) is 11.6 Å². The maximum Gasteiger partial charge on any atom is 0.255 e. The van der Waals surface area contributed by atoms with Crippen molar-refractivity contribution in [3.05, 3.63) is 33.4 Å². The van der Waals surface area contributed by atoms with Crippen LogP contribution in [0.25, 0.3) is 0 Å². The van der Waals surface area contributed by atoms with E-state index < -0.39 is 0 Å². The fourth-order valence-corrected chi connectivity index (χ4v) is 4.49. The Bertz CT molecular complexity index is 810. The number of pyridine rings is 1. The molecular formula is C20H28ClN5OS. The molecule has 1 aliphatic rings. The Morgan fingerprint density at radius 1 is 1.29 bits per heavy atom. The van der Waals surface area contributed by atoms with Gasteiger partial charge in [-0.15, -0.1) is 11.3 Å². The summed E-state index contributed by atoms with van der Waals surface area (Å²) in [5, 5.41) is 8.12. The Labute approximate surface area is 175 Å². The standard InChI is InChI=1S/C20H28ClN5OS/c1-12-13(2)28-20(24-12)23-10-14-5-7-16(8-6-14)25-19(27)17-9-15(21)11-22-18(17)26(3)4/h9,11,14,16H,5-8,10H2,1-4H3,(H,23,24)(H,25,27). The van der Waals surface area contributed by atoms with E-state index in [9.17, 15) is 4.79 Å². The predicted molar refractivity (Wildman–Crippen MR) is 117 cm³/mol. The number of halogens is 1. The molecule has 2 aromatic rings. The molecule has 2 N–H and O–H groups in total. The molecule has 152 valence electrons. The number of carbonyl (C=O) groups excluding carboxylic acids is 1. The van der Waals surface area contributed by atoms with Gasteiger partial charge in [0, 0.05) is 37.8 Å². The van der Waals surface area contributed by atoms with E-state index in [0.29, 0.717) is 22.3 Å². The minimum absolute atomic E-state index is 0.103. The van der Waals surface area contributed by atoms with Crippen LogP contribution in [0.5, 0.6) is 0 Å². The maximum absolute atomic E-state index is 12.8. The average Bonchev–Trinajstić information content (AvgIpc) is 2.98. The van der Waals surface area contributed by atoms with Gasteiger partial charge in [-0.25, -0.2) is 9.97 Å². The molecule has 28 heavy (non-hydrogen) atoms. The van der Waals surface area contributed by atoms with Gasteiger partial charge in [0.1, 0.15) is 5.82 Å². The monoisotopic (exact) mass is 421 g/mol. The number of amides is 1. The van der Waals surface area contributed by atoms with Gasteiger partial charge in [0.15, 0.2) is 5.13 Å². The van der Waals surface area contributed by atoms with E-state index >= 15 is 0 Å². The summed E-state index contributed by atoms with van der Waals surface area (Å²) in [6.07, 6.45) is 5.72. The van der Waals surface area contributed by atoms with Gasteiger partial charge in [-0.05, 0) is 51.5 Å². The zero-order chi connectivity index (χ0) is 20.3. The number of nitrogens with one attached hydrogen (secondary N) is 2. The van der Waals surface area contributed by atoms with Gasteiger partial charge in [0.05, 0.1) is 16.3 Å². The molecule has 0 spiro atoms. The van der Waals surface area contributed by atoms with E-state index in [1.165, 1.54) is 4.88 Å². The van der Waals surface area contributed by atoms with Crippen molar-refractivity contribution in [3.63, 3.8) is 0 Å². The Morgan fingerprint density at radius 3 is 2.61 bits per heavy atom. The first-order valence-corrected chi connectivity index (χ1v) is 10.8. The quantitative estimate of drug-likeness (QED) is 0.728. The second kappa shape index (κ2) is 9.09. The number of aromatic nitrogens is 2. The van der Waals surface area contributed by atoms with E-state index in [4.69, 9.17) is 11.6 Å². The lowest BCUT2D eigenvalue weighted by atomic mass is 9.86. The molecule has 0 aliphatic heterocycles. The molecule has 1 saturated carbocycles. The molecular weight excluding hydrogens is 394 g/mol. The summed E-state index contributed by atoms with van der Waals surface area (Å²) in [7, 11) is 3.74. The minimum Gasteiger partial charge on any atom is -0.362 e. The summed E-state index contributed by atoms with van der Waals surface area (Å²) in [5.74, 6) is 1.14. The van der Waals surface area contributed by atoms with Crippen LogP contribution in [0.4, 0.5) is 10.9 Å². The maximum atomic E-state index is 12.8. The molecule has 2 heterocycles. The zero-order valence-electron chi connectivity index (χ0n) is 16.9. The average molecular weight is 422 g/mol. The Balaban J connectivity index is 1.50. The SMILES string of the molecule is Cc1nc(NCC2CCC(NC(=O)c3cc(Cl)cnc3N(C)C)CC2)sc1C. The zero-order valence-corrected chi connectivity index (χ0v) is 18.5. The van der Waals surface area contributed by atoms with E-state index in [2.05, 4.69) is 27.5 Å². The fourth-order valence-electron chi connectivity index (χ4n) is 3.51. The largest absolute Gasteiger partial charge is 0.362 e. The summed E-state index contributed by atoms with van der Waals surface area (Å²) in [6, 6.07) is 1.88. The first-order chi connectivity index (χ1) is 13.3. The fraction of sp³-hybridized carbons (Fsp3) is 0.550. The molecule has 8 heteroatoms. The van der Waals surface area contributed by atoms with E-state index in [1.54, 1.807) is 23.6 Å². The van der Waals surface area contributed by atoms with Crippen LogP contribution >= 0.6 is 22.9 Å². The number of hydrogen-bond acceptors (Lipinski definition) is 6. The molecule has 0 aromatic carbocycles. The molecule has 1 aliphatic carbocycles. The van der Waals surface area contributed by atoms with Gasteiger partial charge in [-0.2, -0.15) is 0 Å². The number of rotatable bonds is 6. The van der Waals surface area contributed by atoms with Crippen molar-refractivity contribution in [2.24, 2.45) is 5.92 Å². The number of nitrogens with zero attached hydrogens (tertiary/aromatic N) is 3. The van der Waals surface area contributed by atoms with Crippen LogP contribution in [0.3, 0.4) is 0 Å². The van der Waals surface area contributed by atoms with Gasteiger partial charge >= 0.3 is 0 Å². The first kappa shape index (κ1) is 20.9. The normalized spacial score (nSPS) is 19.3. The van der Waals surface area contributed by atoms with Crippen molar-refractivity contribution >= 4 is 39.8 Å². The molecule has 1 amide bonds. The highest BCUT2D eigenvalue weighted by Gasteiger charge is 2.24. The lowest BCUT2D eigenvalue weighted by molar-refractivity contribution is 0.0923. The molecule has 2 aromatic heterocycles. The smallest absolute Gasteiger partial charge is 0.255 e. The summed E-state index contributed by atoms with van der Waals surface area (Å²) < 4.78 is 0. The number of hydrogen-bond donors (Lipinski definition) is 2. The Kier molecular flexibility index (Phi) is 6.78. The number of anilines is 2. The molecule has 0 bridgehead atoms. The predicted octanol–water partition coefficient (Wildman–Crippen LogP) is 4.28. The second-order valence-electron chi connectivity index (χ2n) is 7.65. The van der Waals surface area contributed by atoms with Crippen LogP contribution in [-0.4, -0.2) is 42.6 Å². The van der Waals surface area contributed by atoms with Crippen LogP contribution < -0.4 is 15.5 Å². The number of carbonyl (C=O) groups is 1. The van der Waals surface area contributed by atoms with Crippen molar-refractivity contribution < 1.29 is 4.79 Å². The third-order valence-corrected chi connectivity index (χ3v) is 6.49. The first-order valence-electron chi connectivity index (χ1n) is 9.65. The van der Waals surface area contributed by atoms with Crippen molar-refractivity contribution in [3.8, 4) is 0 Å². The topological polar surface area (TPSA) is 70.1 Å². The third kappa shape index (κ3) is 5.14. The summed E-state index contributed by atoms with van der Waals surface area (Å²) >= 11 is 7.77. The van der Waals surface area contributed by atoms with E-state index in [0.717, 1.165) is 43.1 Å². The van der Waals surface area contributed by atoms with Gasteiger partial charge in [0.2, 0.25) is 0 Å². The molecule has 6 nitrogen and oxygen atoms in total. The highest BCUT2D eigenvalue weighted by Crippen LogP contribution is 2.27. The second-order valence-corrected chi connectivity index (χ2v) is 9.29. The Morgan fingerprint density at radius 2 is 2.00 bits per heavy atom. The molecule has 0 saturated heterocycles. The van der Waals surface area contributed by atoms with Gasteiger partial charge in [0.25, 0.3) is 5.91 Å². The summed E-state index contributed by atoms with van der Waals surface area (Å²) in [6.45, 7) is 5.08. The Hall–Kier alpha value is -1.86. The molecule has 0 atom stereocenters. The molecule has 0 radical (unpaired) electrons. The van der Waals surface area contributed by atoms with Crippen molar-refractivity contribution in [2.45, 2.75) is 45.6 Å². The molecule has 1 fully saturated rings. The van der Waals surface area contributed by atoms with Crippen LogP contribution in [-0.2, 0) is 0 Å². The highest BCUT2D eigenvalue weighted by atomic mass is 35.5. The van der Waals surface area contributed by atoms with Crippen LogP contribution in [0, 0.1) is 19.8 Å². The lowest BCUT2D eigenvalue weighted by Gasteiger charge is -2.29. The van der Waals surface area contributed by atoms with Gasteiger partial charge < -0.3 is 15.5 Å². The third-order valence-electron chi connectivity index (χ3n) is 5.25. The van der Waals surface area contributed by atoms with Crippen LogP contribution in [0.2, 0.25) is 5.02 Å². The van der Waals surface area contributed by atoms with Crippen molar-refractivity contribution in [1.82, 2.24) is 15.3 Å². The van der Waals surface area contributed by atoms with E-state index in [-0.39, 0.29) is 11.9 Å². The van der Waals surface area contributed by atoms with E-state index in [1.807, 2.05) is 25.9 Å². The molecule has 0 unspecified atom stereocenters. The van der Waals surface area contributed by atoms with Crippen molar-refractivity contribution in [2.75, 3.05) is 30.9 Å². The summed E-state index contributed by atoms with van der Waals surface area (Å²) in [5.41, 5.74) is 1.63.